The van der Waals surface area contributed by atoms with E-state index in [-0.39, 0.29) is 0 Å². The number of hydrogen-bond acceptors (Lipinski definition) is 3. The zero-order chi connectivity index (χ0) is 14.0. The van der Waals surface area contributed by atoms with Gasteiger partial charge in [-0.05, 0) is 56.2 Å². The molecule has 1 aliphatic carbocycles. The highest BCUT2D eigenvalue weighted by Gasteiger charge is 2.26. The van der Waals surface area contributed by atoms with Crippen LogP contribution in [0.5, 0.6) is 0 Å². The van der Waals surface area contributed by atoms with E-state index in [9.17, 15) is 0 Å². The first kappa shape index (κ1) is 14.3. The van der Waals surface area contributed by atoms with Gasteiger partial charge in [0.2, 0.25) is 0 Å². The van der Waals surface area contributed by atoms with E-state index in [2.05, 4.69) is 44.7 Å². The smallest absolute Gasteiger partial charge is 0.129 e. The molecule has 0 atom stereocenters. The highest BCUT2D eigenvalue weighted by Crippen LogP contribution is 2.32. The quantitative estimate of drug-likeness (QED) is 0.854. The van der Waals surface area contributed by atoms with Gasteiger partial charge in [0.05, 0.1) is 0 Å². The largest absolute Gasteiger partial charge is 0.354 e. The lowest BCUT2D eigenvalue weighted by atomic mass is 10.1. The van der Waals surface area contributed by atoms with E-state index in [1.807, 2.05) is 0 Å². The zero-order valence-electron chi connectivity index (χ0n) is 12.7. The van der Waals surface area contributed by atoms with Crippen molar-refractivity contribution in [1.29, 1.82) is 0 Å². The number of nitrogens with zero attached hydrogens (tertiary/aromatic N) is 2. The predicted octanol–water partition coefficient (Wildman–Crippen LogP) is 3.29. The summed E-state index contributed by atoms with van der Waals surface area (Å²) in [5.74, 6) is 2.42. The van der Waals surface area contributed by atoms with Gasteiger partial charge in [-0.2, -0.15) is 0 Å². The monoisotopic (exact) mass is 261 g/mol. The Labute approximate surface area is 117 Å². The van der Waals surface area contributed by atoms with Crippen LogP contribution in [0, 0.1) is 5.92 Å². The minimum Gasteiger partial charge on any atom is -0.354 e. The molecule has 2 rings (SSSR count). The topological polar surface area (TPSA) is 42.1 Å². The van der Waals surface area contributed by atoms with Crippen LogP contribution in [0.2, 0.25) is 0 Å². The van der Waals surface area contributed by atoms with Crippen molar-refractivity contribution in [3.8, 4) is 0 Å². The molecular weight excluding hydrogens is 234 g/mol. The van der Waals surface area contributed by atoms with Gasteiger partial charge in [0.25, 0.3) is 0 Å². The fraction of sp³-hybridized carbons (Fsp3) is 0.688. The van der Waals surface area contributed by atoms with E-state index in [4.69, 9.17) is 10.7 Å². The summed E-state index contributed by atoms with van der Waals surface area (Å²) in [6.07, 6.45) is 2.74. The second-order valence-corrected chi connectivity index (χ2v) is 6.31. The van der Waals surface area contributed by atoms with E-state index in [0.29, 0.717) is 18.5 Å². The standard InChI is InChI=1S/C16H27N3/c1-11(2)15-7-14(9-17)8-16(18-15)19(12(3)4)10-13-5-6-13/h7-8,11-13H,5-6,9-10,17H2,1-4H3. The molecule has 0 saturated heterocycles. The van der Waals surface area contributed by atoms with Gasteiger partial charge >= 0.3 is 0 Å². The van der Waals surface area contributed by atoms with Gasteiger partial charge < -0.3 is 10.6 Å². The molecule has 1 aromatic heterocycles. The Morgan fingerprint density at radius 3 is 2.42 bits per heavy atom. The molecular formula is C16H27N3. The van der Waals surface area contributed by atoms with Crippen molar-refractivity contribution in [2.45, 2.75) is 59.0 Å². The van der Waals surface area contributed by atoms with Crippen molar-refractivity contribution in [3.05, 3.63) is 23.4 Å². The van der Waals surface area contributed by atoms with Crippen LogP contribution in [0.25, 0.3) is 0 Å². The van der Waals surface area contributed by atoms with Crippen molar-refractivity contribution in [3.63, 3.8) is 0 Å². The molecule has 106 valence electrons. The molecule has 1 saturated carbocycles. The number of anilines is 1. The predicted molar refractivity (Wildman–Crippen MR) is 81.4 cm³/mol. The Morgan fingerprint density at radius 1 is 1.26 bits per heavy atom. The Bertz CT molecular complexity index is 422. The fourth-order valence-corrected chi connectivity index (χ4v) is 2.30. The molecule has 0 amide bonds. The molecule has 0 aromatic carbocycles. The van der Waals surface area contributed by atoms with Gasteiger partial charge in [0.15, 0.2) is 0 Å². The first-order valence-electron chi connectivity index (χ1n) is 7.48. The van der Waals surface area contributed by atoms with Gasteiger partial charge in [0, 0.05) is 24.8 Å². The highest BCUT2D eigenvalue weighted by atomic mass is 15.2. The van der Waals surface area contributed by atoms with E-state index in [1.165, 1.54) is 18.4 Å². The third-order valence-corrected chi connectivity index (χ3v) is 3.79. The Balaban J connectivity index is 2.30. The van der Waals surface area contributed by atoms with E-state index in [0.717, 1.165) is 24.0 Å². The fourth-order valence-electron chi connectivity index (χ4n) is 2.30. The first-order valence-corrected chi connectivity index (χ1v) is 7.48. The summed E-state index contributed by atoms with van der Waals surface area (Å²) in [5.41, 5.74) is 8.17. The van der Waals surface area contributed by atoms with Crippen molar-refractivity contribution in [2.24, 2.45) is 11.7 Å². The lowest BCUT2D eigenvalue weighted by Crippen LogP contribution is -2.33. The van der Waals surface area contributed by atoms with E-state index < -0.39 is 0 Å². The average molecular weight is 261 g/mol. The number of aromatic nitrogens is 1. The van der Waals surface area contributed by atoms with Gasteiger partial charge in [-0.25, -0.2) is 4.98 Å². The molecule has 0 spiro atoms. The molecule has 3 nitrogen and oxygen atoms in total. The summed E-state index contributed by atoms with van der Waals surface area (Å²) in [6.45, 7) is 10.6. The Kier molecular flexibility index (Phi) is 4.46. The number of hydrogen-bond donors (Lipinski definition) is 1. The summed E-state index contributed by atoms with van der Waals surface area (Å²) in [5, 5.41) is 0. The van der Waals surface area contributed by atoms with Crippen LogP contribution in [0.3, 0.4) is 0 Å². The van der Waals surface area contributed by atoms with Gasteiger partial charge in [-0.1, -0.05) is 13.8 Å². The zero-order valence-corrected chi connectivity index (χ0v) is 12.7. The molecule has 19 heavy (non-hydrogen) atoms. The molecule has 0 unspecified atom stereocenters. The average Bonchev–Trinajstić information content (AvgIpc) is 3.18. The van der Waals surface area contributed by atoms with Gasteiger partial charge in [-0.15, -0.1) is 0 Å². The van der Waals surface area contributed by atoms with Crippen LogP contribution < -0.4 is 10.6 Å². The number of pyridine rings is 1. The minimum atomic E-state index is 0.445. The summed E-state index contributed by atoms with van der Waals surface area (Å²) >= 11 is 0. The van der Waals surface area contributed by atoms with Crippen LogP contribution in [-0.2, 0) is 6.54 Å². The second kappa shape index (κ2) is 5.91. The summed E-state index contributed by atoms with van der Waals surface area (Å²) in [4.78, 5) is 7.29. The van der Waals surface area contributed by atoms with Gasteiger partial charge in [-0.3, -0.25) is 0 Å². The Hall–Kier alpha value is -1.09. The molecule has 3 heteroatoms. The van der Waals surface area contributed by atoms with Crippen LogP contribution in [0.15, 0.2) is 12.1 Å². The molecule has 1 heterocycles. The first-order chi connectivity index (χ1) is 9.01. The molecule has 1 aliphatic rings. The normalized spacial score (nSPS) is 15.3. The lowest BCUT2D eigenvalue weighted by Gasteiger charge is -2.29. The number of nitrogens with two attached hydrogens (primary N) is 1. The molecule has 1 fully saturated rings. The molecule has 0 radical (unpaired) electrons. The maximum absolute atomic E-state index is 5.83. The van der Waals surface area contributed by atoms with Crippen LogP contribution in [-0.4, -0.2) is 17.6 Å². The van der Waals surface area contributed by atoms with Crippen LogP contribution in [0.4, 0.5) is 5.82 Å². The van der Waals surface area contributed by atoms with Crippen molar-refractivity contribution in [1.82, 2.24) is 4.98 Å². The lowest BCUT2D eigenvalue weighted by molar-refractivity contribution is 0.632. The summed E-state index contributed by atoms with van der Waals surface area (Å²) in [7, 11) is 0. The van der Waals surface area contributed by atoms with Crippen molar-refractivity contribution >= 4 is 5.82 Å². The van der Waals surface area contributed by atoms with E-state index in [1.54, 1.807) is 0 Å². The third-order valence-electron chi connectivity index (χ3n) is 3.79. The third kappa shape index (κ3) is 3.69. The minimum absolute atomic E-state index is 0.445. The van der Waals surface area contributed by atoms with Crippen LogP contribution in [0.1, 0.15) is 57.7 Å². The molecule has 2 N–H and O–H groups in total. The maximum Gasteiger partial charge on any atom is 0.129 e. The molecule has 0 bridgehead atoms. The summed E-state index contributed by atoms with van der Waals surface area (Å²) < 4.78 is 0. The van der Waals surface area contributed by atoms with Crippen molar-refractivity contribution in [2.75, 3.05) is 11.4 Å². The molecule has 1 aromatic rings. The van der Waals surface area contributed by atoms with Gasteiger partial charge in [0.1, 0.15) is 5.82 Å². The van der Waals surface area contributed by atoms with E-state index >= 15 is 0 Å². The second-order valence-electron chi connectivity index (χ2n) is 6.31. The summed E-state index contributed by atoms with van der Waals surface area (Å²) in [6, 6.07) is 4.79. The Morgan fingerprint density at radius 2 is 1.95 bits per heavy atom. The van der Waals surface area contributed by atoms with Crippen molar-refractivity contribution < 1.29 is 0 Å². The molecule has 0 aliphatic heterocycles. The number of rotatable bonds is 6. The van der Waals surface area contributed by atoms with Crippen LogP contribution >= 0.6 is 0 Å². The SMILES string of the molecule is CC(C)c1cc(CN)cc(N(CC2CC2)C(C)C)n1. The highest BCUT2D eigenvalue weighted by molar-refractivity contribution is 5.44. The maximum atomic E-state index is 5.83.